The van der Waals surface area contributed by atoms with Gasteiger partial charge in [0.05, 0.1) is 13.2 Å². The van der Waals surface area contributed by atoms with E-state index in [4.69, 9.17) is 4.74 Å². The van der Waals surface area contributed by atoms with Gasteiger partial charge in [0.25, 0.3) is 0 Å². The lowest BCUT2D eigenvalue weighted by Gasteiger charge is -2.43. The van der Waals surface area contributed by atoms with Crippen molar-refractivity contribution in [2.75, 3.05) is 26.3 Å². The smallest absolute Gasteiger partial charge is 0.242 e. The third-order valence-electron chi connectivity index (χ3n) is 4.10. The number of hydrogen-bond acceptors (Lipinski definition) is 3. The number of rotatable bonds is 1. The molecule has 4 unspecified atom stereocenters. The molecule has 1 amide bonds. The van der Waals surface area contributed by atoms with Gasteiger partial charge in [-0.05, 0) is 25.2 Å². The number of nitrogens with one attached hydrogen (secondary N) is 1. The molecule has 0 radical (unpaired) electrons. The summed E-state index contributed by atoms with van der Waals surface area (Å²) in [5.41, 5.74) is 0. The monoisotopic (exact) mass is 240 g/mol. The van der Waals surface area contributed by atoms with E-state index in [0.29, 0.717) is 31.1 Å². The van der Waals surface area contributed by atoms with Crippen LogP contribution in [0.15, 0.2) is 0 Å². The molecule has 2 saturated heterocycles. The van der Waals surface area contributed by atoms with Crippen molar-refractivity contribution in [1.82, 2.24) is 10.2 Å². The molecule has 4 atom stereocenters. The number of amides is 1. The Morgan fingerprint density at radius 1 is 1.35 bits per heavy atom. The second-order valence-corrected chi connectivity index (χ2v) is 5.63. The Morgan fingerprint density at radius 2 is 2.12 bits per heavy atom. The van der Waals surface area contributed by atoms with Gasteiger partial charge < -0.3 is 15.0 Å². The van der Waals surface area contributed by atoms with Crippen LogP contribution in [-0.4, -0.2) is 49.2 Å². The van der Waals surface area contributed by atoms with Crippen molar-refractivity contribution in [2.24, 2.45) is 11.8 Å². The van der Waals surface area contributed by atoms with Gasteiger partial charge in [-0.3, -0.25) is 4.79 Å². The molecule has 4 nitrogen and oxygen atoms in total. The molecule has 2 fully saturated rings. The first kappa shape index (κ1) is 12.8. The van der Waals surface area contributed by atoms with Crippen LogP contribution in [0.3, 0.4) is 0 Å². The van der Waals surface area contributed by atoms with Gasteiger partial charge in [0.15, 0.2) is 0 Å². The molecule has 1 N–H and O–H groups in total. The summed E-state index contributed by atoms with van der Waals surface area (Å²) in [6.07, 6.45) is 1.22. The Balaban J connectivity index is 2.01. The molecule has 2 aliphatic rings. The molecule has 2 heterocycles. The van der Waals surface area contributed by atoms with E-state index in [9.17, 15) is 4.79 Å². The van der Waals surface area contributed by atoms with E-state index in [1.54, 1.807) is 0 Å². The lowest BCUT2D eigenvalue weighted by atomic mass is 9.85. The second-order valence-electron chi connectivity index (χ2n) is 5.63. The van der Waals surface area contributed by atoms with Gasteiger partial charge in [0.2, 0.25) is 5.91 Å². The van der Waals surface area contributed by atoms with Crippen LogP contribution >= 0.6 is 0 Å². The SMILES string of the molecule is CC1CC(C)C(C)N(C(=O)C2COCCN2)C1. The van der Waals surface area contributed by atoms with Crippen LogP contribution < -0.4 is 5.32 Å². The minimum atomic E-state index is -0.135. The summed E-state index contributed by atoms with van der Waals surface area (Å²) in [5, 5.41) is 3.25. The summed E-state index contributed by atoms with van der Waals surface area (Å²) >= 11 is 0. The zero-order chi connectivity index (χ0) is 12.4. The van der Waals surface area contributed by atoms with Gasteiger partial charge in [-0.1, -0.05) is 13.8 Å². The predicted molar refractivity (Wildman–Crippen MR) is 66.7 cm³/mol. The van der Waals surface area contributed by atoms with E-state index in [1.165, 1.54) is 6.42 Å². The predicted octanol–water partition coefficient (Wildman–Crippen LogP) is 0.868. The number of morpholine rings is 1. The Labute approximate surface area is 104 Å². The van der Waals surface area contributed by atoms with Crippen molar-refractivity contribution in [1.29, 1.82) is 0 Å². The lowest BCUT2D eigenvalue weighted by Crippen LogP contribution is -2.58. The highest BCUT2D eigenvalue weighted by Crippen LogP contribution is 2.27. The molecule has 0 aliphatic carbocycles. The van der Waals surface area contributed by atoms with Crippen molar-refractivity contribution in [3.63, 3.8) is 0 Å². The molecular formula is C13H24N2O2. The first-order valence-electron chi connectivity index (χ1n) is 6.71. The van der Waals surface area contributed by atoms with Crippen molar-refractivity contribution in [3.05, 3.63) is 0 Å². The number of hydrogen-bond donors (Lipinski definition) is 1. The Bertz CT molecular complexity index is 277. The topological polar surface area (TPSA) is 41.6 Å². The maximum absolute atomic E-state index is 12.4. The van der Waals surface area contributed by atoms with Crippen LogP contribution in [-0.2, 0) is 9.53 Å². The van der Waals surface area contributed by atoms with Crippen LogP contribution in [0.1, 0.15) is 27.2 Å². The van der Waals surface area contributed by atoms with E-state index >= 15 is 0 Å². The zero-order valence-corrected chi connectivity index (χ0v) is 11.1. The first-order chi connectivity index (χ1) is 8.09. The molecule has 2 rings (SSSR count). The molecule has 98 valence electrons. The third-order valence-corrected chi connectivity index (χ3v) is 4.10. The van der Waals surface area contributed by atoms with Gasteiger partial charge in [0.1, 0.15) is 6.04 Å². The zero-order valence-electron chi connectivity index (χ0n) is 11.1. The quantitative estimate of drug-likeness (QED) is 0.739. The summed E-state index contributed by atoms with van der Waals surface area (Å²) in [4.78, 5) is 14.5. The summed E-state index contributed by atoms with van der Waals surface area (Å²) in [6.45, 7) is 9.54. The highest BCUT2D eigenvalue weighted by Gasteiger charge is 2.35. The van der Waals surface area contributed by atoms with Gasteiger partial charge in [0, 0.05) is 19.1 Å². The number of carbonyl (C=O) groups excluding carboxylic acids is 1. The maximum Gasteiger partial charge on any atom is 0.242 e. The molecule has 2 aliphatic heterocycles. The van der Waals surface area contributed by atoms with E-state index in [1.807, 2.05) is 4.90 Å². The molecular weight excluding hydrogens is 216 g/mol. The Morgan fingerprint density at radius 3 is 2.76 bits per heavy atom. The molecule has 0 bridgehead atoms. The standard InChI is InChI=1S/C13H24N2O2/c1-9-6-10(2)11(3)15(7-9)13(16)12-8-17-5-4-14-12/h9-12,14H,4-8H2,1-3H3. The summed E-state index contributed by atoms with van der Waals surface area (Å²) in [7, 11) is 0. The fourth-order valence-electron chi connectivity index (χ4n) is 2.93. The summed E-state index contributed by atoms with van der Waals surface area (Å²) in [6, 6.07) is 0.214. The minimum absolute atomic E-state index is 0.135. The van der Waals surface area contributed by atoms with Gasteiger partial charge in [-0.15, -0.1) is 0 Å². The largest absolute Gasteiger partial charge is 0.378 e. The van der Waals surface area contributed by atoms with Crippen LogP contribution in [0.2, 0.25) is 0 Å². The minimum Gasteiger partial charge on any atom is -0.378 e. The summed E-state index contributed by atoms with van der Waals surface area (Å²) in [5.74, 6) is 1.41. The fraction of sp³-hybridized carbons (Fsp3) is 0.923. The number of nitrogens with zero attached hydrogens (tertiary/aromatic N) is 1. The van der Waals surface area contributed by atoms with Crippen LogP contribution in [0.5, 0.6) is 0 Å². The first-order valence-corrected chi connectivity index (χ1v) is 6.71. The second kappa shape index (κ2) is 5.36. The fourth-order valence-corrected chi connectivity index (χ4v) is 2.93. The summed E-state index contributed by atoms with van der Waals surface area (Å²) < 4.78 is 5.37. The van der Waals surface area contributed by atoms with E-state index < -0.39 is 0 Å². The Kier molecular flexibility index (Phi) is 4.05. The van der Waals surface area contributed by atoms with E-state index in [-0.39, 0.29) is 11.9 Å². The highest BCUT2D eigenvalue weighted by atomic mass is 16.5. The molecule has 17 heavy (non-hydrogen) atoms. The molecule has 0 saturated carbocycles. The van der Waals surface area contributed by atoms with Crippen LogP contribution in [0, 0.1) is 11.8 Å². The number of likely N-dealkylation sites (tertiary alicyclic amines) is 1. The van der Waals surface area contributed by atoms with Crippen molar-refractivity contribution in [3.8, 4) is 0 Å². The number of piperidine rings is 1. The Hall–Kier alpha value is -0.610. The average Bonchev–Trinajstić information content (AvgIpc) is 2.34. The normalized spacial score (nSPS) is 39.1. The molecule has 0 aromatic carbocycles. The van der Waals surface area contributed by atoms with E-state index in [2.05, 4.69) is 26.1 Å². The third kappa shape index (κ3) is 2.80. The number of carbonyl (C=O) groups is 1. The van der Waals surface area contributed by atoms with E-state index in [0.717, 1.165) is 13.1 Å². The lowest BCUT2D eigenvalue weighted by molar-refractivity contribution is -0.142. The van der Waals surface area contributed by atoms with Gasteiger partial charge in [-0.2, -0.15) is 0 Å². The highest BCUT2D eigenvalue weighted by molar-refractivity contribution is 5.82. The van der Waals surface area contributed by atoms with Crippen molar-refractivity contribution < 1.29 is 9.53 Å². The van der Waals surface area contributed by atoms with Gasteiger partial charge >= 0.3 is 0 Å². The average molecular weight is 240 g/mol. The molecule has 0 aromatic heterocycles. The molecule has 0 spiro atoms. The molecule has 4 heteroatoms. The van der Waals surface area contributed by atoms with Crippen molar-refractivity contribution in [2.45, 2.75) is 39.3 Å². The van der Waals surface area contributed by atoms with Gasteiger partial charge in [-0.25, -0.2) is 0 Å². The van der Waals surface area contributed by atoms with Crippen LogP contribution in [0.4, 0.5) is 0 Å². The van der Waals surface area contributed by atoms with Crippen molar-refractivity contribution >= 4 is 5.91 Å². The van der Waals surface area contributed by atoms with Crippen LogP contribution in [0.25, 0.3) is 0 Å². The molecule has 0 aromatic rings. The maximum atomic E-state index is 12.4. The number of ether oxygens (including phenoxy) is 1.